The number of halogens is 1. The number of aromatic nitrogens is 2. The van der Waals surface area contributed by atoms with Gasteiger partial charge in [0.2, 0.25) is 0 Å². The number of aromatic amines is 1. The number of hydrogen-bond donors (Lipinski definition) is 2. The predicted octanol–water partition coefficient (Wildman–Crippen LogP) is 4.51. The molecule has 0 aliphatic rings. The van der Waals surface area contributed by atoms with E-state index in [1.165, 1.54) is 12.1 Å². The Morgan fingerprint density at radius 2 is 1.95 bits per heavy atom. The number of H-pyrrole nitrogens is 1. The highest BCUT2D eigenvalue weighted by Gasteiger charge is 2.14. The van der Waals surface area contributed by atoms with Gasteiger partial charge in [0.05, 0.1) is 16.6 Å². The molecule has 0 atom stereocenters. The maximum atomic E-state index is 13.3. The molecule has 3 aromatic rings. The Morgan fingerprint density at radius 1 is 1.19 bits per heavy atom. The van der Waals surface area contributed by atoms with Crippen molar-refractivity contribution >= 4 is 11.0 Å². The average molecular weight is 284 g/mol. The number of hydrogen-bond acceptors (Lipinski definition) is 2. The summed E-state index contributed by atoms with van der Waals surface area (Å²) in [4.78, 5) is 7.52. The van der Waals surface area contributed by atoms with Crippen molar-refractivity contribution in [2.45, 2.75) is 26.7 Å². The lowest BCUT2D eigenvalue weighted by Gasteiger charge is -2.11. The van der Waals surface area contributed by atoms with Crippen LogP contribution in [-0.4, -0.2) is 15.1 Å². The van der Waals surface area contributed by atoms with E-state index in [-0.39, 0.29) is 11.6 Å². The lowest BCUT2D eigenvalue weighted by Crippen LogP contribution is -1.92. The first-order valence-electron chi connectivity index (χ1n) is 6.95. The van der Waals surface area contributed by atoms with E-state index in [1.54, 1.807) is 6.07 Å². The fourth-order valence-electron chi connectivity index (χ4n) is 2.43. The Balaban J connectivity index is 2.21. The van der Waals surface area contributed by atoms with E-state index in [9.17, 15) is 9.50 Å². The third-order valence-electron chi connectivity index (χ3n) is 3.69. The molecule has 0 fully saturated rings. The first kappa shape index (κ1) is 13.6. The Hall–Kier alpha value is -2.36. The lowest BCUT2D eigenvalue weighted by molar-refractivity contribution is 0.472. The number of benzene rings is 2. The second-order valence-corrected chi connectivity index (χ2v) is 5.64. The summed E-state index contributed by atoms with van der Waals surface area (Å²) >= 11 is 0. The Labute approximate surface area is 122 Å². The molecule has 3 nitrogen and oxygen atoms in total. The van der Waals surface area contributed by atoms with Crippen LogP contribution in [0.5, 0.6) is 5.75 Å². The molecule has 4 heteroatoms. The van der Waals surface area contributed by atoms with E-state index >= 15 is 0 Å². The minimum atomic E-state index is -0.311. The zero-order chi connectivity index (χ0) is 15.1. The number of phenols is 1. The maximum Gasteiger partial charge on any atom is 0.142 e. The van der Waals surface area contributed by atoms with Gasteiger partial charge in [-0.2, -0.15) is 0 Å². The number of nitrogens with one attached hydrogen (secondary N) is 1. The van der Waals surface area contributed by atoms with Crippen LogP contribution >= 0.6 is 0 Å². The van der Waals surface area contributed by atoms with Gasteiger partial charge in [-0.15, -0.1) is 0 Å². The Morgan fingerprint density at radius 3 is 2.67 bits per heavy atom. The summed E-state index contributed by atoms with van der Waals surface area (Å²) in [6, 6.07) is 8.32. The van der Waals surface area contributed by atoms with E-state index < -0.39 is 0 Å². The van der Waals surface area contributed by atoms with Crippen molar-refractivity contribution < 1.29 is 9.50 Å². The van der Waals surface area contributed by atoms with Gasteiger partial charge in [-0.3, -0.25) is 0 Å². The first-order chi connectivity index (χ1) is 9.95. The minimum absolute atomic E-state index is 0.207. The van der Waals surface area contributed by atoms with E-state index in [2.05, 4.69) is 23.8 Å². The van der Waals surface area contributed by atoms with Gasteiger partial charge in [-0.1, -0.05) is 19.9 Å². The number of nitrogens with zero attached hydrogens (tertiary/aromatic N) is 1. The summed E-state index contributed by atoms with van der Waals surface area (Å²) < 4.78 is 13.3. The van der Waals surface area contributed by atoms with Gasteiger partial charge in [0, 0.05) is 0 Å². The molecule has 0 spiro atoms. The monoisotopic (exact) mass is 284 g/mol. The second-order valence-electron chi connectivity index (χ2n) is 5.64. The third-order valence-corrected chi connectivity index (χ3v) is 3.69. The highest BCUT2D eigenvalue weighted by atomic mass is 19.1. The van der Waals surface area contributed by atoms with Gasteiger partial charge in [-0.25, -0.2) is 9.37 Å². The molecule has 1 heterocycles. The zero-order valence-corrected chi connectivity index (χ0v) is 12.2. The van der Waals surface area contributed by atoms with E-state index in [4.69, 9.17) is 0 Å². The summed E-state index contributed by atoms with van der Waals surface area (Å²) in [5, 5.41) is 10.3. The van der Waals surface area contributed by atoms with Crippen LogP contribution < -0.4 is 0 Å². The first-order valence-corrected chi connectivity index (χ1v) is 6.95. The quantitative estimate of drug-likeness (QED) is 0.727. The van der Waals surface area contributed by atoms with Crippen molar-refractivity contribution in [3.8, 4) is 17.1 Å². The molecule has 0 unspecified atom stereocenters. The number of imidazole rings is 1. The fraction of sp³-hybridized carbons (Fsp3) is 0.235. The Bertz CT molecular complexity index is 821. The van der Waals surface area contributed by atoms with Gasteiger partial charge < -0.3 is 10.1 Å². The summed E-state index contributed by atoms with van der Waals surface area (Å²) in [5.41, 5.74) is 3.89. The molecule has 3 rings (SSSR count). The van der Waals surface area contributed by atoms with Crippen LogP contribution in [0.25, 0.3) is 22.4 Å². The predicted molar refractivity (Wildman–Crippen MR) is 82.0 cm³/mol. The number of rotatable bonds is 2. The van der Waals surface area contributed by atoms with Crippen LogP contribution in [0.2, 0.25) is 0 Å². The molecule has 2 aromatic carbocycles. The van der Waals surface area contributed by atoms with Crippen molar-refractivity contribution in [1.82, 2.24) is 9.97 Å². The summed E-state index contributed by atoms with van der Waals surface area (Å²) in [7, 11) is 0. The van der Waals surface area contributed by atoms with Crippen LogP contribution in [0, 0.1) is 12.7 Å². The number of aryl methyl sites for hydroxylation is 1. The molecule has 0 amide bonds. The normalized spacial score (nSPS) is 11.5. The highest BCUT2D eigenvalue weighted by Crippen LogP contribution is 2.34. The molecule has 2 N–H and O–H groups in total. The highest BCUT2D eigenvalue weighted by molar-refractivity contribution is 5.81. The van der Waals surface area contributed by atoms with Gasteiger partial charge >= 0.3 is 0 Å². The number of phenolic OH excluding ortho intramolecular Hbond substituents is 1. The van der Waals surface area contributed by atoms with Crippen LogP contribution in [0.15, 0.2) is 30.3 Å². The number of aromatic hydroxyl groups is 1. The molecule has 0 aliphatic carbocycles. The topological polar surface area (TPSA) is 48.9 Å². The van der Waals surface area contributed by atoms with Gasteiger partial charge in [0.1, 0.15) is 17.4 Å². The Kier molecular flexibility index (Phi) is 3.16. The van der Waals surface area contributed by atoms with E-state index in [0.29, 0.717) is 28.3 Å². The molecular weight excluding hydrogens is 267 g/mol. The molecule has 21 heavy (non-hydrogen) atoms. The molecular formula is C17H17FN2O. The van der Waals surface area contributed by atoms with Gasteiger partial charge in [-0.05, 0) is 48.2 Å². The molecule has 108 valence electrons. The molecule has 0 saturated carbocycles. The molecule has 1 aromatic heterocycles. The lowest BCUT2D eigenvalue weighted by atomic mass is 9.97. The van der Waals surface area contributed by atoms with Crippen molar-refractivity contribution in [3.63, 3.8) is 0 Å². The second kappa shape index (κ2) is 4.88. The fourth-order valence-corrected chi connectivity index (χ4v) is 2.43. The van der Waals surface area contributed by atoms with Crippen LogP contribution in [0.3, 0.4) is 0 Å². The van der Waals surface area contributed by atoms with Gasteiger partial charge in [0.25, 0.3) is 0 Å². The van der Waals surface area contributed by atoms with Gasteiger partial charge in [0.15, 0.2) is 0 Å². The van der Waals surface area contributed by atoms with Crippen LogP contribution in [-0.2, 0) is 0 Å². The minimum Gasteiger partial charge on any atom is -0.507 e. The summed E-state index contributed by atoms with van der Waals surface area (Å²) in [5.74, 6) is 0.802. The zero-order valence-electron chi connectivity index (χ0n) is 12.2. The number of fused-ring (bicyclic) bond motifs is 1. The van der Waals surface area contributed by atoms with Crippen molar-refractivity contribution in [2.24, 2.45) is 0 Å². The largest absolute Gasteiger partial charge is 0.507 e. The van der Waals surface area contributed by atoms with Crippen LogP contribution in [0.4, 0.5) is 4.39 Å². The smallest absolute Gasteiger partial charge is 0.142 e. The summed E-state index contributed by atoms with van der Waals surface area (Å²) in [6.07, 6.45) is 0. The molecule has 0 saturated heterocycles. The van der Waals surface area contributed by atoms with E-state index in [1.807, 2.05) is 19.1 Å². The van der Waals surface area contributed by atoms with Crippen molar-refractivity contribution in [3.05, 3.63) is 47.3 Å². The van der Waals surface area contributed by atoms with Crippen molar-refractivity contribution in [1.29, 1.82) is 0 Å². The standard InChI is InChI=1S/C17H17FN2O/c1-9(2)11-6-10(3)16(21)13(7-11)17-19-14-5-4-12(18)8-15(14)20-17/h4-9,21H,1-3H3,(H,19,20). The van der Waals surface area contributed by atoms with Crippen molar-refractivity contribution in [2.75, 3.05) is 0 Å². The summed E-state index contributed by atoms with van der Waals surface area (Å²) in [6.45, 7) is 6.07. The van der Waals surface area contributed by atoms with Crippen LogP contribution in [0.1, 0.15) is 30.9 Å². The molecule has 0 radical (unpaired) electrons. The SMILES string of the molecule is Cc1cc(C(C)C)cc(-c2nc3ccc(F)cc3[nH]2)c1O. The maximum absolute atomic E-state index is 13.3. The van der Waals surface area contributed by atoms with E-state index in [0.717, 1.165) is 11.1 Å². The molecule has 0 aliphatic heterocycles. The average Bonchev–Trinajstić information content (AvgIpc) is 2.84. The third kappa shape index (κ3) is 2.37. The molecule has 0 bridgehead atoms.